The SMILES string of the molecule is c1ccc(-c2nc(-c3ccccc3)nc(-n3c4ccccc4c4c(-c5ccc6c(c5)c5ncccc5n6-c5ccccc5)cccc43)n2)cc1. The van der Waals surface area contributed by atoms with Crippen molar-refractivity contribution < 1.29 is 0 Å². The molecule has 50 heavy (non-hydrogen) atoms. The lowest BCUT2D eigenvalue weighted by Crippen LogP contribution is -2.06. The molecule has 10 rings (SSSR count). The van der Waals surface area contributed by atoms with Gasteiger partial charge in [0.05, 0.1) is 27.6 Å². The number of pyridine rings is 1. The summed E-state index contributed by atoms with van der Waals surface area (Å²) in [4.78, 5) is 20.0. The molecule has 10 aromatic rings. The summed E-state index contributed by atoms with van der Waals surface area (Å²) in [6.45, 7) is 0. The van der Waals surface area contributed by atoms with Crippen molar-refractivity contribution in [3.8, 4) is 45.5 Å². The van der Waals surface area contributed by atoms with Gasteiger partial charge >= 0.3 is 0 Å². The number of rotatable bonds is 5. The monoisotopic (exact) mass is 640 g/mol. The van der Waals surface area contributed by atoms with Gasteiger partial charge in [-0.25, -0.2) is 4.98 Å². The minimum atomic E-state index is 0.576. The smallest absolute Gasteiger partial charge is 0.238 e. The Bertz CT molecular complexity index is 2800. The first kappa shape index (κ1) is 28.1. The molecule has 0 atom stereocenters. The number of hydrogen-bond acceptors (Lipinski definition) is 4. The maximum atomic E-state index is 5.11. The second-order valence-corrected chi connectivity index (χ2v) is 12.3. The molecule has 0 bridgehead atoms. The summed E-state index contributed by atoms with van der Waals surface area (Å²) in [5, 5.41) is 3.39. The molecule has 6 heteroatoms. The van der Waals surface area contributed by atoms with Crippen LogP contribution in [0.5, 0.6) is 0 Å². The average molecular weight is 641 g/mol. The molecular weight excluding hydrogens is 613 g/mol. The fourth-order valence-corrected chi connectivity index (χ4v) is 7.23. The summed E-state index contributed by atoms with van der Waals surface area (Å²) < 4.78 is 4.47. The van der Waals surface area contributed by atoms with E-state index in [1.54, 1.807) is 0 Å². The van der Waals surface area contributed by atoms with Crippen LogP contribution >= 0.6 is 0 Å². The average Bonchev–Trinajstić information content (AvgIpc) is 3.71. The van der Waals surface area contributed by atoms with Crippen LogP contribution in [0, 0.1) is 0 Å². The normalized spacial score (nSPS) is 11.6. The molecule has 0 N–H and O–H groups in total. The van der Waals surface area contributed by atoms with Gasteiger partial charge < -0.3 is 4.57 Å². The van der Waals surface area contributed by atoms with Gasteiger partial charge in [-0.3, -0.25) is 9.55 Å². The highest BCUT2D eigenvalue weighted by Crippen LogP contribution is 2.40. The molecule has 0 unspecified atom stereocenters. The Kier molecular flexibility index (Phi) is 6.39. The highest BCUT2D eigenvalue weighted by atomic mass is 15.2. The highest BCUT2D eigenvalue weighted by molar-refractivity contribution is 6.17. The zero-order valence-corrected chi connectivity index (χ0v) is 26.8. The number of fused-ring (bicyclic) bond motifs is 6. The van der Waals surface area contributed by atoms with Crippen molar-refractivity contribution in [1.82, 2.24) is 29.1 Å². The van der Waals surface area contributed by atoms with Crippen molar-refractivity contribution in [1.29, 1.82) is 0 Å². The largest absolute Gasteiger partial charge is 0.308 e. The van der Waals surface area contributed by atoms with E-state index in [-0.39, 0.29) is 0 Å². The van der Waals surface area contributed by atoms with Gasteiger partial charge in [0, 0.05) is 39.2 Å². The second-order valence-electron chi connectivity index (χ2n) is 12.3. The van der Waals surface area contributed by atoms with Crippen LogP contribution in [-0.2, 0) is 0 Å². The lowest BCUT2D eigenvalue weighted by Gasteiger charge is -2.11. The Morgan fingerprint density at radius 2 is 1.02 bits per heavy atom. The lowest BCUT2D eigenvalue weighted by molar-refractivity contribution is 0.953. The van der Waals surface area contributed by atoms with Crippen LogP contribution in [0.3, 0.4) is 0 Å². The number of para-hydroxylation sites is 2. The van der Waals surface area contributed by atoms with Gasteiger partial charge in [-0.1, -0.05) is 115 Å². The quantitative estimate of drug-likeness (QED) is 0.188. The van der Waals surface area contributed by atoms with Crippen LogP contribution in [0.2, 0.25) is 0 Å². The van der Waals surface area contributed by atoms with E-state index >= 15 is 0 Å². The Labute approximate surface area is 287 Å². The third kappa shape index (κ3) is 4.43. The van der Waals surface area contributed by atoms with E-state index in [0.29, 0.717) is 17.6 Å². The number of hydrogen-bond donors (Lipinski definition) is 0. The Hall–Kier alpha value is -6.92. The van der Waals surface area contributed by atoms with Gasteiger partial charge in [0.2, 0.25) is 5.95 Å². The maximum Gasteiger partial charge on any atom is 0.238 e. The molecule has 0 aliphatic rings. The molecule has 4 aromatic heterocycles. The molecule has 234 valence electrons. The van der Waals surface area contributed by atoms with Crippen LogP contribution < -0.4 is 0 Å². The van der Waals surface area contributed by atoms with E-state index in [4.69, 9.17) is 19.9 Å². The van der Waals surface area contributed by atoms with Crippen molar-refractivity contribution in [2.45, 2.75) is 0 Å². The molecule has 4 heterocycles. The summed E-state index contributed by atoms with van der Waals surface area (Å²) in [5.41, 5.74) is 10.5. The zero-order chi connectivity index (χ0) is 33.0. The minimum absolute atomic E-state index is 0.576. The molecule has 0 saturated carbocycles. The molecule has 6 nitrogen and oxygen atoms in total. The Morgan fingerprint density at radius 3 is 1.76 bits per heavy atom. The van der Waals surface area contributed by atoms with Gasteiger partial charge in [0.25, 0.3) is 0 Å². The Morgan fingerprint density at radius 1 is 0.400 bits per heavy atom. The molecule has 0 amide bonds. The second kappa shape index (κ2) is 11.4. The Balaban J connectivity index is 1.23. The van der Waals surface area contributed by atoms with Crippen LogP contribution in [-0.4, -0.2) is 29.1 Å². The first-order valence-corrected chi connectivity index (χ1v) is 16.7. The van der Waals surface area contributed by atoms with Gasteiger partial charge in [-0.15, -0.1) is 0 Å². The van der Waals surface area contributed by atoms with Crippen LogP contribution in [0.15, 0.2) is 170 Å². The van der Waals surface area contributed by atoms with Crippen molar-refractivity contribution in [3.05, 3.63) is 170 Å². The molecule has 0 fully saturated rings. The number of nitrogens with zero attached hydrogens (tertiary/aromatic N) is 6. The third-order valence-corrected chi connectivity index (χ3v) is 9.43. The fourth-order valence-electron chi connectivity index (χ4n) is 7.23. The van der Waals surface area contributed by atoms with Crippen molar-refractivity contribution in [2.75, 3.05) is 0 Å². The van der Waals surface area contributed by atoms with Gasteiger partial charge in [0.15, 0.2) is 11.6 Å². The summed E-state index contributed by atoms with van der Waals surface area (Å²) in [6.07, 6.45) is 1.88. The summed E-state index contributed by atoms with van der Waals surface area (Å²) in [5.74, 6) is 1.83. The van der Waals surface area contributed by atoms with E-state index in [1.807, 2.05) is 79.0 Å². The van der Waals surface area contributed by atoms with E-state index in [9.17, 15) is 0 Å². The van der Waals surface area contributed by atoms with Crippen molar-refractivity contribution in [3.63, 3.8) is 0 Å². The summed E-state index contributed by atoms with van der Waals surface area (Å²) in [7, 11) is 0. The number of aromatic nitrogens is 6. The zero-order valence-electron chi connectivity index (χ0n) is 26.8. The van der Waals surface area contributed by atoms with E-state index in [1.165, 1.54) is 0 Å². The summed E-state index contributed by atoms with van der Waals surface area (Å²) in [6, 6.07) is 56.6. The van der Waals surface area contributed by atoms with Crippen molar-refractivity contribution >= 4 is 43.7 Å². The molecule has 0 aliphatic carbocycles. The lowest BCUT2D eigenvalue weighted by atomic mass is 9.98. The molecule has 0 saturated heterocycles. The van der Waals surface area contributed by atoms with Gasteiger partial charge in [-0.05, 0) is 59.7 Å². The predicted molar refractivity (Wildman–Crippen MR) is 203 cm³/mol. The molecule has 0 aliphatic heterocycles. The topological polar surface area (TPSA) is 61.4 Å². The third-order valence-electron chi connectivity index (χ3n) is 9.43. The molecule has 0 radical (unpaired) electrons. The van der Waals surface area contributed by atoms with E-state index in [0.717, 1.165) is 71.7 Å². The van der Waals surface area contributed by atoms with Crippen molar-refractivity contribution in [2.24, 2.45) is 0 Å². The van der Waals surface area contributed by atoms with Crippen LogP contribution in [0.25, 0.3) is 89.3 Å². The number of benzene rings is 6. The maximum absolute atomic E-state index is 5.11. The van der Waals surface area contributed by atoms with Crippen LogP contribution in [0.4, 0.5) is 0 Å². The van der Waals surface area contributed by atoms with Gasteiger partial charge in [0.1, 0.15) is 0 Å². The molecule has 0 spiro atoms. The minimum Gasteiger partial charge on any atom is -0.308 e. The predicted octanol–water partition coefficient (Wildman–Crippen LogP) is 10.5. The summed E-state index contributed by atoms with van der Waals surface area (Å²) >= 11 is 0. The molecule has 6 aromatic carbocycles. The van der Waals surface area contributed by atoms with E-state index in [2.05, 4.69) is 100 Å². The molecular formula is C44H28N6. The first-order valence-electron chi connectivity index (χ1n) is 16.7. The van der Waals surface area contributed by atoms with Gasteiger partial charge in [-0.2, -0.15) is 9.97 Å². The fraction of sp³-hybridized carbons (Fsp3) is 0. The standard InChI is InChI=1S/C44H28N6/c1-4-14-29(15-5-1)42-46-43(30-16-6-2-7-17-30)48-44(47-42)50-36-22-11-10-20-34(36)40-33(21-12-23-38(40)50)31-25-26-37-35(28-31)41-39(24-13-27-45-41)49(37)32-18-8-3-9-19-32/h1-28H. The highest BCUT2D eigenvalue weighted by Gasteiger charge is 2.21. The van der Waals surface area contributed by atoms with Crippen LogP contribution in [0.1, 0.15) is 0 Å². The van der Waals surface area contributed by atoms with E-state index < -0.39 is 0 Å². The first-order chi connectivity index (χ1) is 24.8.